The molecule has 5 heteroatoms. The lowest BCUT2D eigenvalue weighted by Gasteiger charge is -2.38. The molecule has 1 atom stereocenters. The first-order chi connectivity index (χ1) is 11.8. The Kier molecular flexibility index (Phi) is 6.10. The van der Waals surface area contributed by atoms with E-state index in [-0.39, 0.29) is 5.41 Å². The Bertz CT molecular complexity index is 521. The fourth-order valence-electron chi connectivity index (χ4n) is 3.61. The molecule has 2 heterocycles. The Balaban J connectivity index is 1.60. The van der Waals surface area contributed by atoms with Crippen LogP contribution < -0.4 is 10.6 Å². The van der Waals surface area contributed by atoms with Crippen molar-refractivity contribution in [3.63, 3.8) is 0 Å². The molecule has 0 saturated carbocycles. The number of benzene rings is 1. The van der Waals surface area contributed by atoms with E-state index in [2.05, 4.69) is 46.0 Å². The molecule has 2 fully saturated rings. The minimum absolute atomic E-state index is 0.112. The zero-order valence-electron chi connectivity index (χ0n) is 14.6. The maximum absolute atomic E-state index is 5.67. The van der Waals surface area contributed by atoms with Gasteiger partial charge in [-0.25, -0.2) is 0 Å². The van der Waals surface area contributed by atoms with Crippen molar-refractivity contribution in [2.24, 2.45) is 4.99 Å². The van der Waals surface area contributed by atoms with E-state index in [0.29, 0.717) is 6.10 Å². The SMILES string of the molecule is CN=C(NCC1CCCO1)NCC1(c2ccccc2)CCOCC1. The molecule has 5 nitrogen and oxygen atoms in total. The zero-order valence-corrected chi connectivity index (χ0v) is 14.6. The lowest BCUT2D eigenvalue weighted by Crippen LogP contribution is -2.49. The van der Waals surface area contributed by atoms with Gasteiger partial charge in [-0.3, -0.25) is 4.99 Å². The van der Waals surface area contributed by atoms with Crippen LogP contribution in [0, 0.1) is 0 Å². The van der Waals surface area contributed by atoms with Crippen LogP contribution in [0.3, 0.4) is 0 Å². The number of nitrogens with one attached hydrogen (secondary N) is 2. The highest BCUT2D eigenvalue weighted by Crippen LogP contribution is 2.34. The Morgan fingerprint density at radius 3 is 2.62 bits per heavy atom. The molecule has 3 rings (SSSR count). The number of rotatable bonds is 5. The van der Waals surface area contributed by atoms with Gasteiger partial charge in [-0.2, -0.15) is 0 Å². The van der Waals surface area contributed by atoms with Gasteiger partial charge in [0.05, 0.1) is 6.10 Å². The summed E-state index contributed by atoms with van der Waals surface area (Å²) in [5.41, 5.74) is 1.50. The van der Waals surface area contributed by atoms with Crippen LogP contribution in [0.2, 0.25) is 0 Å². The second kappa shape index (κ2) is 8.49. The van der Waals surface area contributed by atoms with Gasteiger partial charge in [0.25, 0.3) is 0 Å². The fraction of sp³-hybridized carbons (Fsp3) is 0.632. The average Bonchev–Trinajstić information content (AvgIpc) is 3.17. The van der Waals surface area contributed by atoms with Crippen molar-refractivity contribution in [1.29, 1.82) is 0 Å². The molecule has 1 unspecified atom stereocenters. The largest absolute Gasteiger partial charge is 0.381 e. The monoisotopic (exact) mass is 331 g/mol. The number of nitrogens with zero attached hydrogens (tertiary/aromatic N) is 1. The van der Waals surface area contributed by atoms with E-state index in [1.54, 1.807) is 0 Å². The van der Waals surface area contributed by atoms with Gasteiger partial charge in [0, 0.05) is 45.4 Å². The average molecular weight is 331 g/mol. The fourth-order valence-corrected chi connectivity index (χ4v) is 3.61. The summed E-state index contributed by atoms with van der Waals surface area (Å²) >= 11 is 0. The van der Waals surface area contributed by atoms with Gasteiger partial charge in [0.1, 0.15) is 0 Å². The summed E-state index contributed by atoms with van der Waals surface area (Å²) in [4.78, 5) is 4.37. The van der Waals surface area contributed by atoms with Crippen LogP contribution >= 0.6 is 0 Å². The molecule has 2 saturated heterocycles. The third-order valence-corrected chi connectivity index (χ3v) is 5.18. The van der Waals surface area contributed by atoms with E-state index in [1.165, 1.54) is 5.56 Å². The van der Waals surface area contributed by atoms with Crippen LogP contribution in [-0.2, 0) is 14.9 Å². The van der Waals surface area contributed by atoms with Crippen LogP contribution in [0.4, 0.5) is 0 Å². The van der Waals surface area contributed by atoms with Crippen molar-refractivity contribution >= 4 is 5.96 Å². The Morgan fingerprint density at radius 1 is 1.17 bits per heavy atom. The molecule has 0 spiro atoms. The summed E-state index contributed by atoms with van der Waals surface area (Å²) in [7, 11) is 1.82. The highest BCUT2D eigenvalue weighted by atomic mass is 16.5. The third kappa shape index (κ3) is 4.28. The maximum Gasteiger partial charge on any atom is 0.191 e. The summed E-state index contributed by atoms with van der Waals surface area (Å²) in [6.07, 6.45) is 4.68. The highest BCUT2D eigenvalue weighted by Gasteiger charge is 2.34. The molecule has 0 amide bonds. The van der Waals surface area contributed by atoms with E-state index < -0.39 is 0 Å². The van der Waals surface area contributed by atoms with E-state index >= 15 is 0 Å². The van der Waals surface area contributed by atoms with Crippen molar-refractivity contribution < 1.29 is 9.47 Å². The third-order valence-electron chi connectivity index (χ3n) is 5.18. The highest BCUT2D eigenvalue weighted by molar-refractivity contribution is 5.79. The summed E-state index contributed by atoms with van der Waals surface area (Å²) < 4.78 is 11.3. The second-order valence-corrected chi connectivity index (χ2v) is 6.70. The molecule has 1 aromatic carbocycles. The van der Waals surface area contributed by atoms with E-state index in [0.717, 1.165) is 64.6 Å². The van der Waals surface area contributed by atoms with Gasteiger partial charge in [0.2, 0.25) is 0 Å². The summed E-state index contributed by atoms with van der Waals surface area (Å²) in [6.45, 7) is 4.21. The van der Waals surface area contributed by atoms with Crippen molar-refractivity contribution in [1.82, 2.24) is 10.6 Å². The predicted molar refractivity (Wildman–Crippen MR) is 96.5 cm³/mol. The first kappa shape index (κ1) is 17.2. The van der Waals surface area contributed by atoms with E-state index in [1.807, 2.05) is 7.05 Å². The molecule has 0 aliphatic carbocycles. The minimum atomic E-state index is 0.112. The molecular weight excluding hydrogens is 302 g/mol. The quantitative estimate of drug-likeness (QED) is 0.641. The molecule has 0 radical (unpaired) electrons. The first-order valence-electron chi connectivity index (χ1n) is 9.02. The molecule has 132 valence electrons. The number of hydrogen-bond donors (Lipinski definition) is 2. The molecule has 2 aliphatic rings. The van der Waals surface area contributed by atoms with Crippen molar-refractivity contribution in [2.75, 3.05) is 40.0 Å². The van der Waals surface area contributed by atoms with Gasteiger partial charge in [-0.05, 0) is 31.2 Å². The van der Waals surface area contributed by atoms with Crippen LogP contribution in [-0.4, -0.2) is 52.0 Å². The molecule has 2 aliphatic heterocycles. The van der Waals surface area contributed by atoms with Crippen molar-refractivity contribution in [2.45, 2.75) is 37.2 Å². The molecule has 24 heavy (non-hydrogen) atoms. The Morgan fingerprint density at radius 2 is 1.96 bits per heavy atom. The standard InChI is InChI=1S/C19H29N3O2/c1-20-18(21-14-17-8-5-11-24-17)22-15-19(9-12-23-13-10-19)16-6-3-2-4-7-16/h2-4,6-7,17H,5,8-15H2,1H3,(H2,20,21,22). The Hall–Kier alpha value is -1.59. The smallest absolute Gasteiger partial charge is 0.191 e. The number of hydrogen-bond acceptors (Lipinski definition) is 3. The van der Waals surface area contributed by atoms with Crippen LogP contribution in [0.1, 0.15) is 31.2 Å². The van der Waals surface area contributed by atoms with Gasteiger partial charge in [0.15, 0.2) is 5.96 Å². The normalized spacial score (nSPS) is 23.9. The topological polar surface area (TPSA) is 54.9 Å². The van der Waals surface area contributed by atoms with E-state index in [4.69, 9.17) is 9.47 Å². The van der Waals surface area contributed by atoms with Gasteiger partial charge < -0.3 is 20.1 Å². The maximum atomic E-state index is 5.67. The Labute approximate surface area is 144 Å². The lowest BCUT2D eigenvalue weighted by atomic mass is 9.74. The van der Waals surface area contributed by atoms with Crippen LogP contribution in [0.25, 0.3) is 0 Å². The molecule has 0 bridgehead atoms. The number of guanidine groups is 1. The molecular formula is C19H29N3O2. The summed E-state index contributed by atoms with van der Waals surface area (Å²) in [6, 6.07) is 10.8. The minimum Gasteiger partial charge on any atom is -0.381 e. The van der Waals surface area contributed by atoms with Crippen LogP contribution in [0.5, 0.6) is 0 Å². The predicted octanol–water partition coefficient (Wildman–Crippen LogP) is 2.08. The first-order valence-corrected chi connectivity index (χ1v) is 9.02. The molecule has 2 N–H and O–H groups in total. The van der Waals surface area contributed by atoms with Crippen LogP contribution in [0.15, 0.2) is 35.3 Å². The zero-order chi connectivity index (χ0) is 16.7. The molecule has 0 aromatic heterocycles. The van der Waals surface area contributed by atoms with Crippen molar-refractivity contribution in [3.05, 3.63) is 35.9 Å². The second-order valence-electron chi connectivity index (χ2n) is 6.70. The summed E-state index contributed by atoms with van der Waals surface area (Å²) in [5.74, 6) is 0.854. The van der Waals surface area contributed by atoms with Gasteiger partial charge >= 0.3 is 0 Å². The number of ether oxygens (including phenoxy) is 2. The van der Waals surface area contributed by atoms with Gasteiger partial charge in [-0.15, -0.1) is 0 Å². The van der Waals surface area contributed by atoms with Crippen molar-refractivity contribution in [3.8, 4) is 0 Å². The summed E-state index contributed by atoms with van der Waals surface area (Å²) in [5, 5.41) is 6.93. The number of aliphatic imine (C=N–C) groups is 1. The molecule has 1 aromatic rings. The van der Waals surface area contributed by atoms with Gasteiger partial charge in [-0.1, -0.05) is 30.3 Å². The van der Waals surface area contributed by atoms with E-state index in [9.17, 15) is 0 Å². The lowest BCUT2D eigenvalue weighted by molar-refractivity contribution is 0.0513.